The molecule has 3 nitrogen and oxygen atoms in total. The lowest BCUT2D eigenvalue weighted by Crippen LogP contribution is -2.62. The van der Waals surface area contributed by atoms with Gasteiger partial charge in [-0.15, -0.1) is 0 Å². The van der Waals surface area contributed by atoms with Gasteiger partial charge in [-0.2, -0.15) is 0 Å². The summed E-state index contributed by atoms with van der Waals surface area (Å²) in [7, 11) is 1.50. The SMILES string of the molecule is C1CCC2(COC2)NC1.CN. The molecule has 0 aromatic heterocycles. The number of hydrogen-bond donors (Lipinski definition) is 2. The Morgan fingerprint density at radius 1 is 1.27 bits per heavy atom. The molecular formula is C8H18N2O. The second kappa shape index (κ2) is 4.04. The molecule has 2 aliphatic rings. The maximum atomic E-state index is 5.15. The van der Waals surface area contributed by atoms with E-state index in [1.54, 1.807) is 0 Å². The number of ether oxygens (including phenoxy) is 1. The summed E-state index contributed by atoms with van der Waals surface area (Å²) >= 11 is 0. The van der Waals surface area contributed by atoms with E-state index < -0.39 is 0 Å². The van der Waals surface area contributed by atoms with Crippen LogP contribution in [-0.2, 0) is 4.74 Å². The third-order valence-electron chi connectivity index (χ3n) is 2.34. The molecule has 0 aromatic carbocycles. The van der Waals surface area contributed by atoms with Crippen molar-refractivity contribution in [2.45, 2.75) is 24.8 Å². The van der Waals surface area contributed by atoms with Gasteiger partial charge in [0.2, 0.25) is 0 Å². The van der Waals surface area contributed by atoms with E-state index in [1.807, 2.05) is 0 Å². The molecule has 0 radical (unpaired) electrons. The summed E-state index contributed by atoms with van der Waals surface area (Å²) in [6.45, 7) is 3.10. The quantitative estimate of drug-likeness (QED) is 0.526. The Bertz CT molecular complexity index is 105. The summed E-state index contributed by atoms with van der Waals surface area (Å²) in [6, 6.07) is 0. The van der Waals surface area contributed by atoms with Crippen molar-refractivity contribution in [3.8, 4) is 0 Å². The van der Waals surface area contributed by atoms with Gasteiger partial charge in [0.15, 0.2) is 0 Å². The van der Waals surface area contributed by atoms with Crippen molar-refractivity contribution in [3.63, 3.8) is 0 Å². The van der Waals surface area contributed by atoms with Crippen molar-refractivity contribution in [2.24, 2.45) is 5.73 Å². The van der Waals surface area contributed by atoms with Crippen LogP contribution in [0.3, 0.4) is 0 Å². The Hall–Kier alpha value is -0.120. The highest BCUT2D eigenvalue weighted by Crippen LogP contribution is 2.26. The van der Waals surface area contributed by atoms with Crippen molar-refractivity contribution in [2.75, 3.05) is 26.8 Å². The van der Waals surface area contributed by atoms with Gasteiger partial charge < -0.3 is 15.8 Å². The molecule has 0 atom stereocenters. The number of piperidine rings is 1. The Labute approximate surface area is 68.3 Å². The molecule has 0 aromatic rings. The minimum Gasteiger partial charge on any atom is -0.377 e. The van der Waals surface area contributed by atoms with Crippen molar-refractivity contribution in [1.82, 2.24) is 5.32 Å². The summed E-state index contributed by atoms with van der Waals surface area (Å²) in [4.78, 5) is 0. The van der Waals surface area contributed by atoms with Crippen LogP contribution < -0.4 is 11.1 Å². The monoisotopic (exact) mass is 158 g/mol. The van der Waals surface area contributed by atoms with Gasteiger partial charge in [0.05, 0.1) is 18.8 Å². The fourth-order valence-electron chi connectivity index (χ4n) is 1.63. The zero-order valence-electron chi connectivity index (χ0n) is 7.23. The summed E-state index contributed by atoms with van der Waals surface area (Å²) < 4.78 is 5.15. The lowest BCUT2D eigenvalue weighted by molar-refractivity contribution is -0.0858. The van der Waals surface area contributed by atoms with Crippen molar-refractivity contribution >= 4 is 0 Å². The van der Waals surface area contributed by atoms with E-state index in [2.05, 4.69) is 11.1 Å². The number of rotatable bonds is 0. The van der Waals surface area contributed by atoms with Crippen LogP contribution in [0.5, 0.6) is 0 Å². The van der Waals surface area contributed by atoms with Crippen LogP contribution in [0.25, 0.3) is 0 Å². The normalized spacial score (nSPS) is 26.7. The molecule has 2 saturated heterocycles. The first-order valence-corrected chi connectivity index (χ1v) is 4.32. The van der Waals surface area contributed by atoms with E-state index in [1.165, 1.54) is 32.9 Å². The van der Waals surface area contributed by atoms with Crippen molar-refractivity contribution in [3.05, 3.63) is 0 Å². The highest BCUT2D eigenvalue weighted by atomic mass is 16.5. The van der Waals surface area contributed by atoms with E-state index in [-0.39, 0.29) is 0 Å². The topological polar surface area (TPSA) is 47.3 Å². The summed E-state index contributed by atoms with van der Waals surface area (Å²) in [5, 5.41) is 3.51. The third-order valence-corrected chi connectivity index (χ3v) is 2.34. The number of nitrogens with one attached hydrogen (secondary N) is 1. The summed E-state index contributed by atoms with van der Waals surface area (Å²) in [5.41, 5.74) is 4.93. The largest absolute Gasteiger partial charge is 0.377 e. The molecule has 0 aliphatic carbocycles. The lowest BCUT2D eigenvalue weighted by atomic mass is 9.87. The highest BCUT2D eigenvalue weighted by molar-refractivity contribution is 4.96. The van der Waals surface area contributed by atoms with Gasteiger partial charge in [-0.3, -0.25) is 0 Å². The predicted molar refractivity (Wildman–Crippen MR) is 45.5 cm³/mol. The van der Waals surface area contributed by atoms with E-state index >= 15 is 0 Å². The van der Waals surface area contributed by atoms with Crippen LogP contribution in [0.1, 0.15) is 19.3 Å². The average Bonchev–Trinajstić information content (AvgIpc) is 2.07. The van der Waals surface area contributed by atoms with Crippen LogP contribution in [0.4, 0.5) is 0 Å². The fourth-order valence-corrected chi connectivity index (χ4v) is 1.63. The molecule has 0 bridgehead atoms. The van der Waals surface area contributed by atoms with E-state index in [9.17, 15) is 0 Å². The molecule has 0 saturated carbocycles. The van der Waals surface area contributed by atoms with Gasteiger partial charge in [-0.05, 0) is 26.4 Å². The Morgan fingerprint density at radius 3 is 2.27 bits per heavy atom. The average molecular weight is 158 g/mol. The van der Waals surface area contributed by atoms with E-state index in [0.717, 1.165) is 13.2 Å². The van der Waals surface area contributed by atoms with Gasteiger partial charge >= 0.3 is 0 Å². The maximum absolute atomic E-state index is 5.15. The van der Waals surface area contributed by atoms with Gasteiger partial charge in [0, 0.05) is 0 Å². The Balaban J connectivity index is 0.000000281. The third kappa shape index (κ3) is 1.92. The molecule has 2 fully saturated rings. The zero-order chi connectivity index (χ0) is 8.16. The van der Waals surface area contributed by atoms with Gasteiger partial charge in [-0.1, -0.05) is 6.42 Å². The van der Waals surface area contributed by atoms with Gasteiger partial charge in [-0.25, -0.2) is 0 Å². The maximum Gasteiger partial charge on any atom is 0.0671 e. The first kappa shape index (κ1) is 8.97. The van der Waals surface area contributed by atoms with Crippen LogP contribution >= 0.6 is 0 Å². The Morgan fingerprint density at radius 2 is 2.00 bits per heavy atom. The standard InChI is InChI=1S/C7H13NO.CH5N/c1-2-4-8-7(3-1)5-9-6-7;1-2/h8H,1-6H2;2H2,1H3. The summed E-state index contributed by atoms with van der Waals surface area (Å²) in [6.07, 6.45) is 4.06. The lowest BCUT2D eigenvalue weighted by Gasteiger charge is -2.45. The first-order valence-electron chi connectivity index (χ1n) is 4.32. The van der Waals surface area contributed by atoms with Crippen LogP contribution in [-0.4, -0.2) is 32.3 Å². The molecule has 1 spiro atoms. The van der Waals surface area contributed by atoms with Gasteiger partial charge in [0.1, 0.15) is 0 Å². The molecule has 0 amide bonds. The van der Waals surface area contributed by atoms with Crippen molar-refractivity contribution in [1.29, 1.82) is 0 Å². The molecule has 2 heterocycles. The zero-order valence-corrected chi connectivity index (χ0v) is 7.23. The predicted octanol–water partition coefficient (Wildman–Crippen LogP) is 0.104. The highest BCUT2D eigenvalue weighted by Gasteiger charge is 2.38. The molecule has 2 rings (SSSR count). The minimum absolute atomic E-state index is 0.429. The Kier molecular flexibility index (Phi) is 3.30. The minimum atomic E-state index is 0.429. The molecule has 3 N–H and O–H groups in total. The van der Waals surface area contributed by atoms with E-state index in [0.29, 0.717) is 5.54 Å². The fraction of sp³-hybridized carbons (Fsp3) is 1.00. The molecular weight excluding hydrogens is 140 g/mol. The molecule has 66 valence electrons. The van der Waals surface area contributed by atoms with Crippen LogP contribution in [0.15, 0.2) is 0 Å². The smallest absolute Gasteiger partial charge is 0.0671 e. The second-order valence-corrected chi connectivity index (χ2v) is 3.16. The first-order chi connectivity index (χ1) is 5.41. The molecule has 11 heavy (non-hydrogen) atoms. The van der Waals surface area contributed by atoms with E-state index in [4.69, 9.17) is 4.74 Å². The van der Waals surface area contributed by atoms with Crippen LogP contribution in [0, 0.1) is 0 Å². The molecule has 2 aliphatic heterocycles. The van der Waals surface area contributed by atoms with Crippen molar-refractivity contribution < 1.29 is 4.74 Å². The molecule has 0 unspecified atom stereocenters. The second-order valence-electron chi connectivity index (χ2n) is 3.16. The molecule has 3 heteroatoms. The van der Waals surface area contributed by atoms with Gasteiger partial charge in [0.25, 0.3) is 0 Å². The summed E-state index contributed by atoms with van der Waals surface area (Å²) in [5.74, 6) is 0. The van der Waals surface area contributed by atoms with Crippen LogP contribution in [0.2, 0.25) is 0 Å². The number of hydrogen-bond acceptors (Lipinski definition) is 3. The number of nitrogens with two attached hydrogens (primary N) is 1.